The molecule has 0 saturated carbocycles. The van der Waals surface area contributed by atoms with Gasteiger partial charge in [-0.05, 0) is 19.4 Å². The molecule has 5 heteroatoms. The maximum atomic E-state index is 4.52. The van der Waals surface area contributed by atoms with Gasteiger partial charge in [-0.25, -0.2) is 19.9 Å². The zero-order valence-corrected chi connectivity index (χ0v) is 9.86. The number of fused-ring (bicyclic) bond motifs is 1. The summed E-state index contributed by atoms with van der Waals surface area (Å²) in [5, 5.41) is 3.27. The molecule has 0 spiro atoms. The molecule has 0 aromatic carbocycles. The van der Waals surface area contributed by atoms with Crippen molar-refractivity contribution in [1.29, 1.82) is 0 Å². The van der Waals surface area contributed by atoms with Crippen LogP contribution in [0.2, 0.25) is 0 Å². The summed E-state index contributed by atoms with van der Waals surface area (Å²) in [5.41, 5.74) is 4.32. The van der Waals surface area contributed by atoms with Crippen molar-refractivity contribution in [2.45, 2.75) is 26.9 Å². The Labute approximate surface area is 99.4 Å². The van der Waals surface area contributed by atoms with E-state index in [4.69, 9.17) is 0 Å². The van der Waals surface area contributed by atoms with Gasteiger partial charge in [0.2, 0.25) is 0 Å². The average Bonchev–Trinajstić information content (AvgIpc) is 2.78. The Kier molecular flexibility index (Phi) is 2.33. The van der Waals surface area contributed by atoms with E-state index in [1.54, 1.807) is 12.4 Å². The average molecular weight is 227 g/mol. The second-order valence-corrected chi connectivity index (χ2v) is 4.25. The van der Waals surface area contributed by atoms with Gasteiger partial charge in [0.25, 0.3) is 0 Å². The molecule has 0 radical (unpaired) electrons. The summed E-state index contributed by atoms with van der Waals surface area (Å²) in [6.45, 7) is 5.63. The first-order valence-corrected chi connectivity index (χ1v) is 5.60. The van der Waals surface area contributed by atoms with Crippen LogP contribution in [0, 0.1) is 13.8 Å². The van der Waals surface area contributed by atoms with E-state index in [1.807, 2.05) is 13.8 Å². The molecular weight excluding hydrogens is 214 g/mol. The van der Waals surface area contributed by atoms with Crippen molar-refractivity contribution in [1.82, 2.24) is 25.3 Å². The van der Waals surface area contributed by atoms with E-state index in [0.29, 0.717) is 11.6 Å². The third kappa shape index (κ3) is 1.78. The van der Waals surface area contributed by atoms with Crippen molar-refractivity contribution in [2.75, 3.05) is 0 Å². The lowest BCUT2D eigenvalue weighted by atomic mass is 10.2. The van der Waals surface area contributed by atoms with Crippen molar-refractivity contribution < 1.29 is 0 Å². The van der Waals surface area contributed by atoms with Gasteiger partial charge >= 0.3 is 0 Å². The van der Waals surface area contributed by atoms with Crippen LogP contribution in [0.3, 0.4) is 0 Å². The molecule has 3 heterocycles. The molecular formula is C12H13N5. The molecule has 1 aliphatic rings. The summed E-state index contributed by atoms with van der Waals surface area (Å²) in [6, 6.07) is 0. The van der Waals surface area contributed by atoms with Crippen LogP contribution in [0.25, 0.3) is 11.6 Å². The number of nitrogens with one attached hydrogen (secondary N) is 1. The fourth-order valence-electron chi connectivity index (χ4n) is 1.95. The smallest absolute Gasteiger partial charge is 0.198 e. The van der Waals surface area contributed by atoms with Gasteiger partial charge in [-0.2, -0.15) is 0 Å². The lowest BCUT2D eigenvalue weighted by Gasteiger charge is -2.05. The molecule has 0 amide bonds. The second kappa shape index (κ2) is 3.85. The quantitative estimate of drug-likeness (QED) is 0.791. The summed E-state index contributed by atoms with van der Waals surface area (Å²) >= 11 is 0. The number of hydrogen-bond acceptors (Lipinski definition) is 5. The van der Waals surface area contributed by atoms with Crippen LogP contribution in [0.5, 0.6) is 0 Å². The molecule has 0 atom stereocenters. The minimum Gasteiger partial charge on any atom is -0.307 e. The minimum atomic E-state index is 0.591. The minimum absolute atomic E-state index is 0.591. The van der Waals surface area contributed by atoms with Gasteiger partial charge in [-0.1, -0.05) is 0 Å². The first-order valence-electron chi connectivity index (χ1n) is 5.60. The molecule has 0 aliphatic carbocycles. The molecule has 3 rings (SSSR count). The number of nitrogens with zero attached hydrogens (tertiary/aromatic N) is 4. The van der Waals surface area contributed by atoms with Crippen LogP contribution < -0.4 is 5.32 Å². The molecule has 86 valence electrons. The van der Waals surface area contributed by atoms with Crippen LogP contribution >= 0.6 is 0 Å². The normalized spacial score (nSPS) is 13.8. The molecule has 1 N–H and O–H groups in total. The summed E-state index contributed by atoms with van der Waals surface area (Å²) in [4.78, 5) is 17.5. The Morgan fingerprint density at radius 2 is 1.76 bits per heavy atom. The highest BCUT2D eigenvalue weighted by Gasteiger charge is 2.17. The fraction of sp³-hybridized carbons (Fsp3) is 0.333. The third-order valence-electron chi connectivity index (χ3n) is 2.87. The standard InChI is InChI=1S/C12H13N5/c1-7-3-14-11(15-4-7)12-16-8(2)9-5-13-6-10(9)17-12/h3-4,13H,5-6H2,1-2H3. The Morgan fingerprint density at radius 1 is 1.00 bits per heavy atom. The highest BCUT2D eigenvalue weighted by molar-refractivity contribution is 5.45. The van der Waals surface area contributed by atoms with Gasteiger partial charge in [0.1, 0.15) is 0 Å². The summed E-state index contributed by atoms with van der Waals surface area (Å²) < 4.78 is 0. The predicted molar refractivity (Wildman–Crippen MR) is 63.1 cm³/mol. The van der Waals surface area contributed by atoms with E-state index in [0.717, 1.165) is 30.0 Å². The lowest BCUT2D eigenvalue weighted by Crippen LogP contribution is -2.02. The van der Waals surface area contributed by atoms with E-state index in [9.17, 15) is 0 Å². The van der Waals surface area contributed by atoms with Gasteiger partial charge in [-0.3, -0.25) is 0 Å². The zero-order valence-electron chi connectivity index (χ0n) is 9.86. The fourth-order valence-corrected chi connectivity index (χ4v) is 1.95. The van der Waals surface area contributed by atoms with Gasteiger partial charge in [0.15, 0.2) is 11.6 Å². The molecule has 1 aliphatic heterocycles. The highest BCUT2D eigenvalue weighted by Crippen LogP contribution is 2.19. The monoisotopic (exact) mass is 227 g/mol. The topological polar surface area (TPSA) is 63.6 Å². The van der Waals surface area contributed by atoms with Crippen molar-refractivity contribution >= 4 is 0 Å². The summed E-state index contributed by atoms with van der Waals surface area (Å²) in [5.74, 6) is 1.21. The van der Waals surface area contributed by atoms with Crippen LogP contribution in [0.4, 0.5) is 0 Å². The molecule has 2 aromatic rings. The van der Waals surface area contributed by atoms with Crippen LogP contribution in [-0.2, 0) is 13.1 Å². The molecule has 0 saturated heterocycles. The molecule has 0 fully saturated rings. The highest BCUT2D eigenvalue weighted by atomic mass is 15.0. The van der Waals surface area contributed by atoms with E-state index in [-0.39, 0.29) is 0 Å². The molecule has 17 heavy (non-hydrogen) atoms. The van der Waals surface area contributed by atoms with Crippen molar-refractivity contribution in [2.24, 2.45) is 0 Å². The predicted octanol–water partition coefficient (Wildman–Crippen LogP) is 1.15. The SMILES string of the molecule is Cc1cnc(-c2nc(C)c3c(n2)CNC3)nc1. The number of rotatable bonds is 1. The van der Waals surface area contributed by atoms with Gasteiger partial charge < -0.3 is 5.32 Å². The van der Waals surface area contributed by atoms with Gasteiger partial charge in [0.05, 0.1) is 5.69 Å². The van der Waals surface area contributed by atoms with E-state index >= 15 is 0 Å². The van der Waals surface area contributed by atoms with Gasteiger partial charge in [0, 0.05) is 36.7 Å². The Morgan fingerprint density at radius 3 is 2.53 bits per heavy atom. The van der Waals surface area contributed by atoms with Gasteiger partial charge in [-0.15, -0.1) is 0 Å². The van der Waals surface area contributed by atoms with Crippen molar-refractivity contribution in [3.8, 4) is 11.6 Å². The van der Waals surface area contributed by atoms with E-state index < -0.39 is 0 Å². The van der Waals surface area contributed by atoms with Crippen LogP contribution in [0.1, 0.15) is 22.5 Å². The van der Waals surface area contributed by atoms with Crippen molar-refractivity contribution in [3.63, 3.8) is 0 Å². The largest absolute Gasteiger partial charge is 0.307 e. The first kappa shape index (κ1) is 10.3. The number of hydrogen-bond donors (Lipinski definition) is 1. The molecule has 2 aromatic heterocycles. The molecule has 5 nitrogen and oxygen atoms in total. The summed E-state index contributed by atoms with van der Waals surface area (Å²) in [7, 11) is 0. The number of aryl methyl sites for hydroxylation is 2. The van der Waals surface area contributed by atoms with E-state index in [2.05, 4.69) is 25.3 Å². The zero-order chi connectivity index (χ0) is 11.8. The maximum absolute atomic E-state index is 4.52. The van der Waals surface area contributed by atoms with Crippen LogP contribution in [-0.4, -0.2) is 19.9 Å². The van der Waals surface area contributed by atoms with Crippen molar-refractivity contribution in [3.05, 3.63) is 34.9 Å². The molecule has 0 unspecified atom stereocenters. The maximum Gasteiger partial charge on any atom is 0.198 e. The Bertz CT molecular complexity index is 562. The molecule has 0 bridgehead atoms. The first-order chi connectivity index (χ1) is 8.24. The third-order valence-corrected chi connectivity index (χ3v) is 2.87. The van der Waals surface area contributed by atoms with E-state index in [1.165, 1.54) is 5.56 Å². The second-order valence-electron chi connectivity index (χ2n) is 4.25. The lowest BCUT2D eigenvalue weighted by molar-refractivity contribution is 0.756. The van der Waals surface area contributed by atoms with Crippen LogP contribution in [0.15, 0.2) is 12.4 Å². The summed E-state index contributed by atoms with van der Waals surface area (Å²) in [6.07, 6.45) is 3.57. The Balaban J connectivity index is 2.10. The number of aromatic nitrogens is 4. The Hall–Kier alpha value is -1.88.